The molecule has 1 aliphatic rings. The zero-order chi connectivity index (χ0) is 10.2. The Balaban J connectivity index is 2.04. The van der Waals surface area contributed by atoms with Gasteiger partial charge in [0.15, 0.2) is 0 Å². The van der Waals surface area contributed by atoms with Crippen LogP contribution in [0.25, 0.3) is 0 Å². The molecule has 0 radical (unpaired) electrons. The predicted octanol–water partition coefficient (Wildman–Crippen LogP) is 1.78. The lowest BCUT2D eigenvalue weighted by Gasteiger charge is -2.08. The van der Waals surface area contributed by atoms with Crippen molar-refractivity contribution in [2.45, 2.75) is 31.2 Å². The van der Waals surface area contributed by atoms with Gasteiger partial charge in [-0.25, -0.2) is 9.37 Å². The molecule has 2 N–H and O–H groups in total. The van der Waals surface area contributed by atoms with Gasteiger partial charge in [-0.2, -0.15) is 4.39 Å². The first-order chi connectivity index (χ1) is 6.59. The molecule has 0 bridgehead atoms. The maximum atomic E-state index is 13.1. The van der Waals surface area contributed by atoms with Gasteiger partial charge in [0, 0.05) is 5.54 Å². The molecule has 0 aromatic carbocycles. The van der Waals surface area contributed by atoms with E-state index in [-0.39, 0.29) is 5.54 Å². The average Bonchev–Trinajstić information content (AvgIpc) is 2.87. The second kappa shape index (κ2) is 3.28. The molecular weight excluding hydrogens is 186 g/mol. The molecule has 0 saturated heterocycles. The molecule has 1 fully saturated rings. The maximum absolute atomic E-state index is 13.1. The van der Waals surface area contributed by atoms with Crippen LogP contribution in [-0.4, -0.2) is 10.5 Å². The van der Waals surface area contributed by atoms with Crippen molar-refractivity contribution in [1.82, 2.24) is 4.98 Å². The van der Waals surface area contributed by atoms with Crippen LogP contribution in [0.4, 0.5) is 8.78 Å². The Hall–Kier alpha value is -1.03. The highest BCUT2D eigenvalue weighted by atomic mass is 19.1. The molecule has 1 aromatic rings. The van der Waals surface area contributed by atoms with Crippen LogP contribution in [0, 0.1) is 11.8 Å². The minimum Gasteiger partial charge on any atom is -0.325 e. The Morgan fingerprint density at radius 3 is 2.79 bits per heavy atom. The van der Waals surface area contributed by atoms with Crippen molar-refractivity contribution in [3.63, 3.8) is 0 Å². The largest absolute Gasteiger partial charge is 0.325 e. The van der Waals surface area contributed by atoms with Crippen molar-refractivity contribution < 1.29 is 8.78 Å². The zero-order valence-electron chi connectivity index (χ0n) is 7.76. The molecule has 4 heteroatoms. The number of rotatable bonds is 3. The molecule has 1 aliphatic carbocycles. The monoisotopic (exact) mass is 198 g/mol. The topological polar surface area (TPSA) is 38.9 Å². The van der Waals surface area contributed by atoms with Gasteiger partial charge >= 0.3 is 0 Å². The summed E-state index contributed by atoms with van der Waals surface area (Å²) >= 11 is 0. The first-order valence-electron chi connectivity index (χ1n) is 4.68. The number of hydrogen-bond acceptors (Lipinski definition) is 2. The summed E-state index contributed by atoms with van der Waals surface area (Å²) < 4.78 is 25.8. The lowest BCUT2D eigenvalue weighted by atomic mass is 10.1. The molecule has 14 heavy (non-hydrogen) atoms. The summed E-state index contributed by atoms with van der Waals surface area (Å²) in [5.74, 6) is -1.08. The smallest absolute Gasteiger partial charge is 0.213 e. The van der Waals surface area contributed by atoms with Gasteiger partial charge < -0.3 is 5.73 Å². The third-order valence-electron chi connectivity index (χ3n) is 2.69. The molecule has 0 atom stereocenters. The standard InChI is InChI=1S/C10H12F2N2/c11-8-6-14-9(12)5-7(8)1-2-10(13)3-4-10/h5-6H,1-4,13H2. The molecule has 1 saturated carbocycles. The highest BCUT2D eigenvalue weighted by Crippen LogP contribution is 2.36. The van der Waals surface area contributed by atoms with E-state index in [4.69, 9.17) is 5.73 Å². The number of pyridine rings is 1. The van der Waals surface area contributed by atoms with Gasteiger partial charge in [0.25, 0.3) is 0 Å². The van der Waals surface area contributed by atoms with E-state index in [1.165, 1.54) is 0 Å². The second-order valence-electron chi connectivity index (χ2n) is 3.96. The fraction of sp³-hybridized carbons (Fsp3) is 0.500. The Labute approximate surface area is 81.1 Å². The van der Waals surface area contributed by atoms with Gasteiger partial charge in [-0.1, -0.05) is 0 Å². The van der Waals surface area contributed by atoms with Crippen molar-refractivity contribution >= 4 is 0 Å². The van der Waals surface area contributed by atoms with Crippen molar-refractivity contribution in [1.29, 1.82) is 0 Å². The molecule has 2 nitrogen and oxygen atoms in total. The molecule has 0 unspecified atom stereocenters. The van der Waals surface area contributed by atoms with Crippen molar-refractivity contribution in [2.24, 2.45) is 5.73 Å². The normalized spacial score (nSPS) is 18.2. The van der Waals surface area contributed by atoms with Gasteiger partial charge in [-0.3, -0.25) is 0 Å². The summed E-state index contributed by atoms with van der Waals surface area (Å²) in [4.78, 5) is 3.23. The molecule has 0 aliphatic heterocycles. The van der Waals surface area contributed by atoms with E-state index in [1.807, 2.05) is 0 Å². The lowest BCUT2D eigenvalue weighted by Crippen LogP contribution is -2.22. The zero-order valence-corrected chi connectivity index (χ0v) is 7.76. The van der Waals surface area contributed by atoms with E-state index in [2.05, 4.69) is 4.98 Å². The Morgan fingerprint density at radius 2 is 2.14 bits per heavy atom. The van der Waals surface area contributed by atoms with Crippen LogP contribution < -0.4 is 5.73 Å². The summed E-state index contributed by atoms with van der Waals surface area (Å²) in [5.41, 5.74) is 6.10. The van der Waals surface area contributed by atoms with E-state index < -0.39 is 11.8 Å². The number of hydrogen-bond donors (Lipinski definition) is 1. The highest BCUT2D eigenvalue weighted by Gasteiger charge is 2.37. The Morgan fingerprint density at radius 1 is 1.43 bits per heavy atom. The van der Waals surface area contributed by atoms with Gasteiger partial charge in [0.05, 0.1) is 6.20 Å². The Kier molecular flexibility index (Phi) is 2.23. The number of aryl methyl sites for hydroxylation is 1. The third-order valence-corrected chi connectivity index (χ3v) is 2.69. The van der Waals surface area contributed by atoms with E-state index in [9.17, 15) is 8.78 Å². The summed E-state index contributed by atoms with van der Waals surface area (Å²) in [6.45, 7) is 0. The van der Waals surface area contributed by atoms with E-state index in [0.717, 1.165) is 25.1 Å². The van der Waals surface area contributed by atoms with Gasteiger partial charge in [-0.15, -0.1) is 0 Å². The van der Waals surface area contributed by atoms with Gasteiger partial charge in [-0.05, 0) is 37.3 Å². The number of aromatic nitrogens is 1. The predicted molar refractivity (Wildman–Crippen MR) is 48.6 cm³/mol. The van der Waals surface area contributed by atoms with Crippen molar-refractivity contribution in [2.75, 3.05) is 0 Å². The van der Waals surface area contributed by atoms with Crippen LogP contribution in [0.1, 0.15) is 24.8 Å². The van der Waals surface area contributed by atoms with E-state index >= 15 is 0 Å². The van der Waals surface area contributed by atoms with Crippen LogP contribution in [0.3, 0.4) is 0 Å². The lowest BCUT2D eigenvalue weighted by molar-refractivity contribution is 0.535. The maximum Gasteiger partial charge on any atom is 0.213 e. The summed E-state index contributed by atoms with van der Waals surface area (Å²) in [5, 5.41) is 0. The highest BCUT2D eigenvalue weighted by molar-refractivity contribution is 5.15. The molecule has 0 amide bonds. The quantitative estimate of drug-likeness (QED) is 0.752. The van der Waals surface area contributed by atoms with Gasteiger partial charge in [0.2, 0.25) is 5.95 Å². The van der Waals surface area contributed by atoms with E-state index in [0.29, 0.717) is 18.4 Å². The summed E-state index contributed by atoms with van der Waals surface area (Å²) in [6, 6.07) is 1.14. The summed E-state index contributed by atoms with van der Waals surface area (Å²) in [6.07, 6.45) is 4.10. The molecule has 1 aromatic heterocycles. The number of nitrogens with zero attached hydrogens (tertiary/aromatic N) is 1. The second-order valence-corrected chi connectivity index (χ2v) is 3.96. The van der Waals surface area contributed by atoms with Crippen LogP contribution in [0.15, 0.2) is 12.3 Å². The third kappa shape index (κ3) is 2.07. The number of halogens is 2. The van der Waals surface area contributed by atoms with Crippen molar-refractivity contribution in [3.05, 3.63) is 29.6 Å². The van der Waals surface area contributed by atoms with Gasteiger partial charge in [0.1, 0.15) is 5.82 Å². The van der Waals surface area contributed by atoms with Crippen LogP contribution in [0.5, 0.6) is 0 Å². The summed E-state index contributed by atoms with van der Waals surface area (Å²) in [7, 11) is 0. The SMILES string of the molecule is NC1(CCc2cc(F)ncc2F)CC1. The minimum absolute atomic E-state index is 0.119. The van der Waals surface area contributed by atoms with E-state index in [1.54, 1.807) is 0 Å². The number of nitrogens with two attached hydrogens (primary N) is 1. The Bertz CT molecular complexity index is 348. The van der Waals surface area contributed by atoms with Crippen LogP contribution >= 0.6 is 0 Å². The molecular formula is C10H12F2N2. The minimum atomic E-state index is -0.636. The fourth-order valence-corrected chi connectivity index (χ4v) is 1.44. The molecule has 0 spiro atoms. The van der Waals surface area contributed by atoms with Crippen LogP contribution in [-0.2, 0) is 6.42 Å². The average molecular weight is 198 g/mol. The van der Waals surface area contributed by atoms with Crippen LogP contribution in [0.2, 0.25) is 0 Å². The first kappa shape index (κ1) is 9.52. The fourth-order valence-electron chi connectivity index (χ4n) is 1.44. The first-order valence-corrected chi connectivity index (χ1v) is 4.68. The van der Waals surface area contributed by atoms with Crippen molar-refractivity contribution in [3.8, 4) is 0 Å². The molecule has 76 valence electrons. The molecule has 1 heterocycles. The molecule has 2 rings (SSSR count).